The second-order valence-corrected chi connectivity index (χ2v) is 5.99. The van der Waals surface area contributed by atoms with Crippen molar-refractivity contribution in [3.8, 4) is 0 Å². The number of esters is 1. The minimum absolute atomic E-state index is 0.153. The van der Waals surface area contributed by atoms with Crippen molar-refractivity contribution >= 4 is 11.7 Å². The number of aryl methyl sites for hydroxylation is 1. The predicted octanol–water partition coefficient (Wildman–Crippen LogP) is 3.71. The molecule has 1 aliphatic rings. The molecule has 1 unspecified atom stereocenters. The Morgan fingerprint density at radius 3 is 2.74 bits per heavy atom. The van der Waals surface area contributed by atoms with E-state index in [9.17, 15) is 4.79 Å². The fourth-order valence-corrected chi connectivity index (χ4v) is 2.97. The monoisotopic (exact) mass is 307 g/mol. The van der Waals surface area contributed by atoms with Crippen LogP contribution in [0.25, 0.3) is 0 Å². The van der Waals surface area contributed by atoms with E-state index in [1.807, 2.05) is 18.2 Å². The molecule has 2 aromatic carbocycles. The van der Waals surface area contributed by atoms with Gasteiger partial charge in [0.05, 0.1) is 18.4 Å². The summed E-state index contributed by atoms with van der Waals surface area (Å²) in [7, 11) is 0. The lowest BCUT2D eigenvalue weighted by atomic mass is 9.88. The Balaban J connectivity index is 1.92. The van der Waals surface area contributed by atoms with Crippen LogP contribution in [-0.4, -0.2) is 24.3 Å². The first-order valence-electron chi connectivity index (χ1n) is 8.00. The van der Waals surface area contributed by atoms with Gasteiger partial charge in [0, 0.05) is 24.5 Å². The number of carbonyl (C=O) groups excluding carboxylic acids is 1. The van der Waals surface area contributed by atoms with Crippen molar-refractivity contribution in [2.24, 2.45) is 4.99 Å². The first-order chi connectivity index (χ1) is 11.1. The summed E-state index contributed by atoms with van der Waals surface area (Å²) in [5.74, 6) is -0.232. The van der Waals surface area contributed by atoms with Crippen molar-refractivity contribution in [2.75, 3.05) is 6.61 Å². The third kappa shape index (κ3) is 3.67. The predicted molar refractivity (Wildman–Crippen MR) is 92.0 cm³/mol. The number of aliphatic imine (C=N–C) groups is 1. The molecule has 3 nitrogen and oxygen atoms in total. The van der Waals surface area contributed by atoms with Gasteiger partial charge in [0.15, 0.2) is 0 Å². The van der Waals surface area contributed by atoms with Gasteiger partial charge in [0.25, 0.3) is 0 Å². The van der Waals surface area contributed by atoms with Crippen LogP contribution in [-0.2, 0) is 16.0 Å². The van der Waals surface area contributed by atoms with Crippen molar-refractivity contribution in [1.82, 2.24) is 0 Å². The number of nitrogens with zero attached hydrogens (tertiary/aromatic N) is 1. The number of hydrogen-bond donors (Lipinski definition) is 0. The maximum Gasteiger partial charge on any atom is 0.302 e. The second kappa shape index (κ2) is 6.78. The smallest absolute Gasteiger partial charge is 0.302 e. The molecular weight excluding hydrogens is 286 g/mol. The van der Waals surface area contributed by atoms with E-state index in [1.165, 1.54) is 23.6 Å². The van der Waals surface area contributed by atoms with E-state index in [4.69, 9.17) is 9.73 Å². The van der Waals surface area contributed by atoms with Crippen molar-refractivity contribution < 1.29 is 9.53 Å². The Morgan fingerprint density at radius 2 is 2.00 bits per heavy atom. The summed E-state index contributed by atoms with van der Waals surface area (Å²) in [4.78, 5) is 15.9. The lowest BCUT2D eigenvalue weighted by Gasteiger charge is -2.24. The minimum Gasteiger partial charge on any atom is -0.466 e. The highest BCUT2D eigenvalue weighted by Gasteiger charge is 2.22. The van der Waals surface area contributed by atoms with Crippen molar-refractivity contribution in [2.45, 2.75) is 32.7 Å². The molecule has 0 fully saturated rings. The van der Waals surface area contributed by atoms with Crippen molar-refractivity contribution in [3.05, 3.63) is 70.8 Å². The number of carbonyl (C=O) groups is 1. The van der Waals surface area contributed by atoms with Crippen molar-refractivity contribution in [3.63, 3.8) is 0 Å². The molecule has 23 heavy (non-hydrogen) atoms. The molecule has 1 heterocycles. The molecule has 0 N–H and O–H groups in total. The van der Waals surface area contributed by atoms with E-state index in [1.54, 1.807) is 0 Å². The fraction of sp³-hybridized carbons (Fsp3) is 0.300. The highest BCUT2D eigenvalue weighted by atomic mass is 16.5. The van der Waals surface area contributed by atoms with Gasteiger partial charge < -0.3 is 4.74 Å². The molecule has 1 aliphatic heterocycles. The third-order valence-corrected chi connectivity index (χ3v) is 4.09. The number of benzene rings is 2. The lowest BCUT2D eigenvalue weighted by molar-refractivity contribution is -0.141. The average Bonchev–Trinajstić information content (AvgIpc) is 2.55. The SMILES string of the molecule is CC(=O)OCCC1Cc2ccc(C)cc2C(c2ccccc2)=N1. The van der Waals surface area contributed by atoms with E-state index >= 15 is 0 Å². The Bertz CT molecular complexity index is 735. The van der Waals surface area contributed by atoms with Crippen LogP contribution < -0.4 is 0 Å². The molecule has 0 aliphatic carbocycles. The van der Waals surface area contributed by atoms with Crippen LogP contribution in [0, 0.1) is 6.92 Å². The molecule has 0 amide bonds. The van der Waals surface area contributed by atoms with E-state index in [0.29, 0.717) is 6.61 Å². The standard InChI is InChI=1S/C20H21NO2/c1-14-8-9-17-13-18(10-11-23-15(2)22)21-20(19(17)12-14)16-6-4-3-5-7-16/h3-9,12,18H,10-11,13H2,1-2H3. The maximum atomic E-state index is 10.9. The first kappa shape index (κ1) is 15.5. The molecule has 0 bridgehead atoms. The van der Waals surface area contributed by atoms with Gasteiger partial charge in [0.1, 0.15) is 0 Å². The Hall–Kier alpha value is -2.42. The first-order valence-corrected chi connectivity index (χ1v) is 8.00. The van der Waals surface area contributed by atoms with Crippen LogP contribution in [0.15, 0.2) is 53.5 Å². The maximum absolute atomic E-state index is 10.9. The van der Waals surface area contributed by atoms with Gasteiger partial charge >= 0.3 is 5.97 Å². The number of ether oxygens (including phenoxy) is 1. The third-order valence-electron chi connectivity index (χ3n) is 4.09. The van der Waals surface area contributed by atoms with E-state index in [0.717, 1.165) is 24.1 Å². The highest BCUT2D eigenvalue weighted by molar-refractivity contribution is 6.14. The number of rotatable bonds is 4. The lowest BCUT2D eigenvalue weighted by Crippen LogP contribution is -2.23. The molecular formula is C20H21NO2. The van der Waals surface area contributed by atoms with Crippen LogP contribution in [0.2, 0.25) is 0 Å². The molecule has 3 rings (SSSR count). The normalized spacial score (nSPS) is 16.4. The zero-order valence-corrected chi connectivity index (χ0v) is 13.6. The minimum atomic E-state index is -0.232. The van der Waals surface area contributed by atoms with Gasteiger partial charge in [-0.1, -0.05) is 48.0 Å². The topological polar surface area (TPSA) is 38.7 Å². The summed E-state index contributed by atoms with van der Waals surface area (Å²) in [6.45, 7) is 3.97. The highest BCUT2D eigenvalue weighted by Crippen LogP contribution is 2.26. The zero-order chi connectivity index (χ0) is 16.2. The summed E-state index contributed by atoms with van der Waals surface area (Å²) in [6, 6.07) is 17.0. The van der Waals surface area contributed by atoms with Gasteiger partial charge in [-0.25, -0.2) is 0 Å². The Morgan fingerprint density at radius 1 is 1.22 bits per heavy atom. The average molecular weight is 307 g/mol. The molecule has 0 spiro atoms. The largest absolute Gasteiger partial charge is 0.466 e. The van der Waals surface area contributed by atoms with Crippen LogP contribution in [0.1, 0.15) is 35.6 Å². The molecule has 1 atom stereocenters. The molecule has 2 aromatic rings. The van der Waals surface area contributed by atoms with Crippen LogP contribution >= 0.6 is 0 Å². The summed E-state index contributed by atoms with van der Waals surface area (Å²) >= 11 is 0. The van der Waals surface area contributed by atoms with E-state index in [-0.39, 0.29) is 12.0 Å². The van der Waals surface area contributed by atoms with E-state index < -0.39 is 0 Å². The Kier molecular flexibility index (Phi) is 4.56. The molecule has 118 valence electrons. The van der Waals surface area contributed by atoms with Gasteiger partial charge in [-0.3, -0.25) is 9.79 Å². The quantitative estimate of drug-likeness (QED) is 0.808. The fourth-order valence-electron chi connectivity index (χ4n) is 2.97. The zero-order valence-electron chi connectivity index (χ0n) is 13.6. The van der Waals surface area contributed by atoms with Crippen molar-refractivity contribution in [1.29, 1.82) is 0 Å². The molecule has 0 radical (unpaired) electrons. The summed E-state index contributed by atoms with van der Waals surface area (Å²) in [5.41, 5.74) is 5.96. The molecule has 0 aromatic heterocycles. The van der Waals surface area contributed by atoms with E-state index in [2.05, 4.69) is 37.3 Å². The number of hydrogen-bond acceptors (Lipinski definition) is 3. The molecule has 3 heteroatoms. The summed E-state index contributed by atoms with van der Waals surface area (Å²) in [6.07, 6.45) is 1.65. The van der Waals surface area contributed by atoms with Crippen LogP contribution in [0.5, 0.6) is 0 Å². The van der Waals surface area contributed by atoms with Gasteiger partial charge in [0.2, 0.25) is 0 Å². The Labute approximate surface area is 137 Å². The summed E-state index contributed by atoms with van der Waals surface area (Å²) < 4.78 is 5.08. The van der Waals surface area contributed by atoms with Crippen LogP contribution in [0.4, 0.5) is 0 Å². The second-order valence-electron chi connectivity index (χ2n) is 5.99. The van der Waals surface area contributed by atoms with Gasteiger partial charge in [-0.15, -0.1) is 0 Å². The molecule has 0 saturated heterocycles. The molecule has 0 saturated carbocycles. The van der Waals surface area contributed by atoms with Gasteiger partial charge in [-0.2, -0.15) is 0 Å². The number of fused-ring (bicyclic) bond motifs is 1. The van der Waals surface area contributed by atoms with Crippen LogP contribution in [0.3, 0.4) is 0 Å². The summed E-state index contributed by atoms with van der Waals surface area (Å²) in [5, 5.41) is 0. The van der Waals surface area contributed by atoms with Gasteiger partial charge in [-0.05, 0) is 25.0 Å².